The van der Waals surface area contributed by atoms with E-state index in [2.05, 4.69) is 26.8 Å². The lowest BCUT2D eigenvalue weighted by molar-refractivity contribution is -0.128. The third kappa shape index (κ3) is 4.19. The Labute approximate surface area is 152 Å². The number of carbonyl (C=O) groups is 2. The summed E-state index contributed by atoms with van der Waals surface area (Å²) in [6.45, 7) is 1.59. The number of benzene rings is 2. The van der Waals surface area contributed by atoms with Gasteiger partial charge in [0.1, 0.15) is 11.3 Å². The van der Waals surface area contributed by atoms with Crippen LogP contribution in [0.2, 0.25) is 0 Å². The first-order chi connectivity index (χ1) is 12.0. The van der Waals surface area contributed by atoms with Gasteiger partial charge in [0.05, 0.1) is 0 Å². The van der Waals surface area contributed by atoms with Gasteiger partial charge < -0.3 is 9.15 Å². The molecule has 3 aromatic rings. The normalized spacial score (nSPS) is 11.8. The van der Waals surface area contributed by atoms with Crippen molar-refractivity contribution in [3.05, 3.63) is 64.8 Å². The fraction of sp³-hybridized carbons (Fsp3) is 0.111. The van der Waals surface area contributed by atoms with Crippen molar-refractivity contribution in [1.82, 2.24) is 10.9 Å². The Bertz CT molecular complexity index is 889. The molecule has 0 bridgehead atoms. The van der Waals surface area contributed by atoms with Crippen molar-refractivity contribution in [2.24, 2.45) is 0 Å². The second kappa shape index (κ2) is 7.40. The summed E-state index contributed by atoms with van der Waals surface area (Å²) in [7, 11) is 0. The molecule has 0 aliphatic heterocycles. The largest absolute Gasteiger partial charge is 0.481 e. The third-order valence-electron chi connectivity index (χ3n) is 3.43. The molecule has 128 valence electrons. The van der Waals surface area contributed by atoms with Crippen molar-refractivity contribution >= 4 is 38.7 Å². The van der Waals surface area contributed by atoms with Crippen molar-refractivity contribution in [1.29, 1.82) is 0 Å². The Hall–Kier alpha value is -2.80. The highest BCUT2D eigenvalue weighted by Crippen LogP contribution is 2.19. The van der Waals surface area contributed by atoms with E-state index < -0.39 is 17.9 Å². The SMILES string of the molecule is C[C@H](Oc1cccc(Br)c1)C(=O)NNC(=O)c1cc2ccccc2o1. The first kappa shape index (κ1) is 17.0. The van der Waals surface area contributed by atoms with E-state index in [1.807, 2.05) is 24.3 Å². The van der Waals surface area contributed by atoms with Crippen LogP contribution < -0.4 is 15.6 Å². The summed E-state index contributed by atoms with van der Waals surface area (Å²) in [6.07, 6.45) is -0.787. The maximum absolute atomic E-state index is 12.1. The number of halogens is 1. The van der Waals surface area contributed by atoms with E-state index >= 15 is 0 Å². The molecule has 0 saturated carbocycles. The minimum Gasteiger partial charge on any atom is -0.481 e. The molecule has 2 amide bonds. The van der Waals surface area contributed by atoms with Crippen LogP contribution in [0.3, 0.4) is 0 Å². The van der Waals surface area contributed by atoms with Crippen LogP contribution in [-0.4, -0.2) is 17.9 Å². The van der Waals surface area contributed by atoms with Crippen LogP contribution >= 0.6 is 15.9 Å². The lowest BCUT2D eigenvalue weighted by Gasteiger charge is -2.15. The molecule has 7 heteroatoms. The molecule has 6 nitrogen and oxygen atoms in total. The van der Waals surface area contributed by atoms with Gasteiger partial charge in [-0.15, -0.1) is 0 Å². The number of ether oxygens (including phenoxy) is 1. The number of rotatable bonds is 4. The number of furan rings is 1. The van der Waals surface area contributed by atoms with Crippen LogP contribution in [-0.2, 0) is 4.79 Å². The van der Waals surface area contributed by atoms with E-state index in [0.717, 1.165) is 9.86 Å². The molecule has 0 spiro atoms. The third-order valence-corrected chi connectivity index (χ3v) is 3.92. The van der Waals surface area contributed by atoms with Gasteiger partial charge in [-0.3, -0.25) is 20.4 Å². The zero-order chi connectivity index (χ0) is 17.8. The molecule has 0 aliphatic carbocycles. The lowest BCUT2D eigenvalue weighted by atomic mass is 10.2. The fourth-order valence-electron chi connectivity index (χ4n) is 2.17. The van der Waals surface area contributed by atoms with Gasteiger partial charge in [0.2, 0.25) is 0 Å². The molecule has 2 N–H and O–H groups in total. The van der Waals surface area contributed by atoms with Crippen LogP contribution in [0, 0.1) is 0 Å². The quantitative estimate of drug-likeness (QED) is 0.655. The van der Waals surface area contributed by atoms with Crippen molar-refractivity contribution in [3.8, 4) is 5.75 Å². The van der Waals surface area contributed by atoms with Crippen LogP contribution in [0.25, 0.3) is 11.0 Å². The summed E-state index contributed by atoms with van der Waals surface area (Å²) in [5.74, 6) is -0.369. The highest BCUT2D eigenvalue weighted by molar-refractivity contribution is 9.10. The molecule has 0 radical (unpaired) electrons. The topological polar surface area (TPSA) is 80.6 Å². The second-order valence-electron chi connectivity index (χ2n) is 5.31. The van der Waals surface area contributed by atoms with E-state index in [1.165, 1.54) is 0 Å². The maximum atomic E-state index is 12.1. The van der Waals surface area contributed by atoms with E-state index in [0.29, 0.717) is 11.3 Å². The average molecular weight is 403 g/mol. The van der Waals surface area contributed by atoms with Crippen molar-refractivity contribution < 1.29 is 18.7 Å². The fourth-order valence-corrected chi connectivity index (χ4v) is 2.55. The number of hydrogen-bond acceptors (Lipinski definition) is 4. The van der Waals surface area contributed by atoms with Gasteiger partial charge in [-0.1, -0.05) is 40.2 Å². The molecule has 0 saturated heterocycles. The van der Waals surface area contributed by atoms with Crippen molar-refractivity contribution in [2.75, 3.05) is 0 Å². The zero-order valence-electron chi connectivity index (χ0n) is 13.3. The van der Waals surface area contributed by atoms with Crippen LogP contribution in [0.4, 0.5) is 0 Å². The first-order valence-electron chi connectivity index (χ1n) is 7.54. The molecule has 25 heavy (non-hydrogen) atoms. The molecule has 0 unspecified atom stereocenters. The van der Waals surface area contributed by atoms with Gasteiger partial charge in [0.15, 0.2) is 11.9 Å². The van der Waals surface area contributed by atoms with Gasteiger partial charge in [0, 0.05) is 9.86 Å². The minimum atomic E-state index is -0.787. The monoisotopic (exact) mass is 402 g/mol. The molecular formula is C18H15BrN2O4. The summed E-state index contributed by atoms with van der Waals surface area (Å²) in [6, 6.07) is 16.0. The van der Waals surface area contributed by atoms with Crippen molar-refractivity contribution in [3.63, 3.8) is 0 Å². The minimum absolute atomic E-state index is 0.113. The van der Waals surface area contributed by atoms with Gasteiger partial charge in [-0.05, 0) is 37.3 Å². The van der Waals surface area contributed by atoms with Crippen molar-refractivity contribution in [2.45, 2.75) is 13.0 Å². The Kier molecular flexibility index (Phi) is 5.04. The molecular weight excluding hydrogens is 388 g/mol. The molecule has 3 rings (SSSR count). The summed E-state index contributed by atoms with van der Waals surface area (Å²) in [5.41, 5.74) is 5.24. The van der Waals surface area contributed by atoms with E-state index in [1.54, 1.807) is 37.3 Å². The first-order valence-corrected chi connectivity index (χ1v) is 8.33. The smallest absolute Gasteiger partial charge is 0.305 e. The average Bonchev–Trinajstić information content (AvgIpc) is 3.03. The number of fused-ring (bicyclic) bond motifs is 1. The number of hydrogen-bond donors (Lipinski definition) is 2. The Morgan fingerprint density at radius 1 is 1.08 bits per heavy atom. The van der Waals surface area contributed by atoms with E-state index in [-0.39, 0.29) is 5.76 Å². The van der Waals surface area contributed by atoms with E-state index in [4.69, 9.17) is 9.15 Å². The summed E-state index contributed by atoms with van der Waals surface area (Å²) in [5, 5.41) is 0.810. The number of amides is 2. The summed E-state index contributed by atoms with van der Waals surface area (Å²) < 4.78 is 11.8. The van der Waals surface area contributed by atoms with Crippen LogP contribution in [0.1, 0.15) is 17.5 Å². The molecule has 1 heterocycles. The number of nitrogens with one attached hydrogen (secondary N) is 2. The van der Waals surface area contributed by atoms with Gasteiger partial charge in [-0.2, -0.15) is 0 Å². The predicted molar refractivity (Wildman–Crippen MR) is 96.1 cm³/mol. The van der Waals surface area contributed by atoms with Crippen LogP contribution in [0.15, 0.2) is 63.5 Å². The van der Waals surface area contributed by atoms with E-state index in [9.17, 15) is 9.59 Å². The highest BCUT2D eigenvalue weighted by Gasteiger charge is 2.17. The Morgan fingerprint density at radius 3 is 2.64 bits per heavy atom. The number of para-hydroxylation sites is 1. The van der Waals surface area contributed by atoms with Gasteiger partial charge in [0.25, 0.3) is 5.91 Å². The van der Waals surface area contributed by atoms with Gasteiger partial charge in [-0.25, -0.2) is 0 Å². The summed E-state index contributed by atoms with van der Waals surface area (Å²) in [4.78, 5) is 24.1. The molecule has 0 aliphatic rings. The van der Waals surface area contributed by atoms with Crippen LogP contribution in [0.5, 0.6) is 5.75 Å². The molecule has 1 aromatic heterocycles. The second-order valence-corrected chi connectivity index (χ2v) is 6.22. The summed E-state index contributed by atoms with van der Waals surface area (Å²) >= 11 is 3.33. The number of carbonyl (C=O) groups excluding carboxylic acids is 2. The molecule has 1 atom stereocenters. The number of hydrazine groups is 1. The van der Waals surface area contributed by atoms with Gasteiger partial charge >= 0.3 is 5.91 Å². The maximum Gasteiger partial charge on any atom is 0.305 e. The Morgan fingerprint density at radius 2 is 1.88 bits per heavy atom. The lowest BCUT2D eigenvalue weighted by Crippen LogP contribution is -2.47. The standard InChI is InChI=1S/C18H15BrN2O4/c1-11(24-14-7-4-6-13(19)10-14)17(22)20-21-18(23)16-9-12-5-2-3-8-15(12)25-16/h2-11H,1H3,(H,20,22)(H,21,23)/t11-/m0/s1. The molecule has 2 aromatic carbocycles. The Balaban J connectivity index is 1.56. The zero-order valence-corrected chi connectivity index (χ0v) is 14.9. The predicted octanol–water partition coefficient (Wildman–Crippen LogP) is 3.42. The molecule has 0 fully saturated rings. The highest BCUT2D eigenvalue weighted by atomic mass is 79.9.